The lowest BCUT2D eigenvalue weighted by Gasteiger charge is -2.00. The van der Waals surface area contributed by atoms with Crippen LogP contribution in [0.15, 0.2) is 12.1 Å². The maximum atomic E-state index is 5.63. The van der Waals surface area contributed by atoms with Crippen molar-refractivity contribution in [1.82, 2.24) is 15.0 Å². The van der Waals surface area contributed by atoms with Crippen molar-refractivity contribution in [1.29, 1.82) is 0 Å². The lowest BCUT2D eigenvalue weighted by molar-refractivity contribution is 1.15. The molecule has 2 N–H and O–H groups in total. The number of nitrogens with zero attached hydrogens (tertiary/aromatic N) is 3. The van der Waals surface area contributed by atoms with Crippen LogP contribution in [0.25, 0.3) is 11.0 Å². The van der Waals surface area contributed by atoms with Gasteiger partial charge in [-0.2, -0.15) is 4.98 Å². The SMILES string of the molecule is Cc1ccc2c(N)nc(Cl)nc2n1. The molecular formula is C8H7ClN4. The second-order valence-electron chi connectivity index (χ2n) is 2.70. The summed E-state index contributed by atoms with van der Waals surface area (Å²) in [5.41, 5.74) is 7.05. The molecule has 4 nitrogen and oxygen atoms in total. The highest BCUT2D eigenvalue weighted by atomic mass is 35.5. The van der Waals surface area contributed by atoms with Gasteiger partial charge in [0.1, 0.15) is 5.82 Å². The Morgan fingerprint density at radius 2 is 2.00 bits per heavy atom. The van der Waals surface area contributed by atoms with Gasteiger partial charge in [-0.1, -0.05) is 0 Å². The van der Waals surface area contributed by atoms with E-state index in [-0.39, 0.29) is 5.28 Å². The summed E-state index contributed by atoms with van der Waals surface area (Å²) >= 11 is 5.63. The van der Waals surface area contributed by atoms with Crippen molar-refractivity contribution in [2.24, 2.45) is 0 Å². The molecular weight excluding hydrogens is 188 g/mol. The zero-order chi connectivity index (χ0) is 9.42. The molecule has 2 aromatic heterocycles. The van der Waals surface area contributed by atoms with E-state index >= 15 is 0 Å². The van der Waals surface area contributed by atoms with Crippen LogP contribution in [0.3, 0.4) is 0 Å². The average Bonchev–Trinajstić information content (AvgIpc) is 2.02. The van der Waals surface area contributed by atoms with Crippen molar-refractivity contribution in [2.45, 2.75) is 6.92 Å². The molecule has 0 spiro atoms. The summed E-state index contributed by atoms with van der Waals surface area (Å²) in [6.45, 7) is 1.88. The number of hydrogen-bond donors (Lipinski definition) is 1. The number of hydrogen-bond acceptors (Lipinski definition) is 4. The van der Waals surface area contributed by atoms with Gasteiger partial charge in [-0.05, 0) is 30.7 Å². The lowest BCUT2D eigenvalue weighted by Crippen LogP contribution is -1.97. The van der Waals surface area contributed by atoms with Gasteiger partial charge in [-0.25, -0.2) is 9.97 Å². The Morgan fingerprint density at radius 3 is 2.77 bits per heavy atom. The first-order valence-corrected chi connectivity index (χ1v) is 4.11. The molecule has 0 aliphatic rings. The van der Waals surface area contributed by atoms with Crippen molar-refractivity contribution in [3.63, 3.8) is 0 Å². The van der Waals surface area contributed by atoms with Crippen LogP contribution < -0.4 is 5.73 Å². The lowest BCUT2D eigenvalue weighted by atomic mass is 10.3. The Kier molecular flexibility index (Phi) is 1.77. The van der Waals surface area contributed by atoms with Crippen LogP contribution in [-0.2, 0) is 0 Å². The minimum absolute atomic E-state index is 0.128. The molecule has 0 unspecified atom stereocenters. The molecule has 0 aliphatic heterocycles. The van der Waals surface area contributed by atoms with E-state index in [0.29, 0.717) is 11.5 Å². The Bertz CT molecular complexity index is 464. The van der Waals surface area contributed by atoms with Crippen LogP contribution >= 0.6 is 11.6 Å². The van der Waals surface area contributed by atoms with Crippen molar-refractivity contribution < 1.29 is 0 Å². The van der Waals surface area contributed by atoms with Crippen LogP contribution in [0, 0.1) is 6.92 Å². The molecule has 0 saturated carbocycles. The monoisotopic (exact) mass is 194 g/mol. The molecule has 2 aromatic rings. The molecule has 5 heteroatoms. The third-order valence-corrected chi connectivity index (χ3v) is 1.87. The molecule has 0 saturated heterocycles. The van der Waals surface area contributed by atoms with Crippen LogP contribution in [0.1, 0.15) is 5.69 Å². The number of pyridine rings is 1. The van der Waals surface area contributed by atoms with Gasteiger partial charge in [0.05, 0.1) is 5.39 Å². The van der Waals surface area contributed by atoms with Gasteiger partial charge >= 0.3 is 0 Å². The Hall–Kier alpha value is -1.42. The standard InChI is InChI=1S/C8H7ClN4/c1-4-2-3-5-6(10)12-8(9)13-7(5)11-4/h2-3H,1H3,(H2,10,11,12,13). The van der Waals surface area contributed by atoms with Crippen LogP contribution in [-0.4, -0.2) is 15.0 Å². The fourth-order valence-electron chi connectivity index (χ4n) is 1.10. The molecule has 0 amide bonds. The van der Waals surface area contributed by atoms with Crippen LogP contribution in [0.4, 0.5) is 5.82 Å². The summed E-state index contributed by atoms with van der Waals surface area (Å²) in [5.74, 6) is 0.363. The first-order chi connectivity index (χ1) is 6.16. The second-order valence-corrected chi connectivity index (χ2v) is 3.04. The zero-order valence-electron chi connectivity index (χ0n) is 6.95. The average molecular weight is 195 g/mol. The van der Waals surface area contributed by atoms with Gasteiger partial charge in [0.2, 0.25) is 5.28 Å². The van der Waals surface area contributed by atoms with Gasteiger partial charge in [-0.15, -0.1) is 0 Å². The molecule has 13 heavy (non-hydrogen) atoms. The summed E-state index contributed by atoms with van der Waals surface area (Å²) in [7, 11) is 0. The Balaban J connectivity index is 2.86. The number of aromatic nitrogens is 3. The third kappa shape index (κ3) is 1.40. The van der Waals surface area contributed by atoms with Crippen molar-refractivity contribution in [3.05, 3.63) is 23.1 Å². The summed E-state index contributed by atoms with van der Waals surface area (Å²) in [5, 5.41) is 0.859. The molecule has 0 aliphatic carbocycles. The molecule has 0 radical (unpaired) electrons. The maximum Gasteiger partial charge on any atom is 0.226 e. The van der Waals surface area contributed by atoms with Crippen molar-refractivity contribution in [3.8, 4) is 0 Å². The fraction of sp³-hybridized carbons (Fsp3) is 0.125. The highest BCUT2D eigenvalue weighted by Gasteiger charge is 2.03. The van der Waals surface area contributed by atoms with Gasteiger partial charge in [-0.3, -0.25) is 0 Å². The van der Waals surface area contributed by atoms with E-state index in [2.05, 4.69) is 15.0 Å². The summed E-state index contributed by atoms with van der Waals surface area (Å²) in [4.78, 5) is 12.0. The molecule has 2 heterocycles. The Morgan fingerprint density at radius 1 is 1.23 bits per heavy atom. The second kappa shape index (κ2) is 2.81. The highest BCUT2D eigenvalue weighted by molar-refractivity contribution is 6.28. The van der Waals surface area contributed by atoms with Gasteiger partial charge in [0.25, 0.3) is 0 Å². The maximum absolute atomic E-state index is 5.63. The highest BCUT2D eigenvalue weighted by Crippen LogP contribution is 2.17. The number of nitrogens with two attached hydrogens (primary N) is 1. The number of anilines is 1. The van der Waals surface area contributed by atoms with E-state index in [4.69, 9.17) is 17.3 Å². The first-order valence-electron chi connectivity index (χ1n) is 3.73. The summed E-state index contributed by atoms with van der Waals surface area (Å²) < 4.78 is 0. The number of aryl methyl sites for hydroxylation is 1. The zero-order valence-corrected chi connectivity index (χ0v) is 7.71. The normalized spacial score (nSPS) is 10.6. The molecule has 0 bridgehead atoms. The van der Waals surface area contributed by atoms with Gasteiger partial charge in [0, 0.05) is 5.69 Å². The van der Waals surface area contributed by atoms with E-state index in [1.54, 1.807) is 0 Å². The van der Waals surface area contributed by atoms with Gasteiger partial charge in [0.15, 0.2) is 5.65 Å². The molecule has 0 fully saturated rings. The van der Waals surface area contributed by atoms with E-state index in [1.165, 1.54) is 0 Å². The quantitative estimate of drug-likeness (QED) is 0.647. The van der Waals surface area contributed by atoms with Crippen LogP contribution in [0.2, 0.25) is 5.28 Å². The summed E-state index contributed by atoms with van der Waals surface area (Å²) in [6.07, 6.45) is 0. The number of rotatable bonds is 0. The number of halogens is 1. The van der Waals surface area contributed by atoms with E-state index in [1.807, 2.05) is 19.1 Å². The minimum Gasteiger partial charge on any atom is -0.383 e. The smallest absolute Gasteiger partial charge is 0.226 e. The predicted octanol–water partition coefficient (Wildman–Crippen LogP) is 1.57. The first kappa shape index (κ1) is 8.19. The molecule has 0 aromatic carbocycles. The minimum atomic E-state index is 0.128. The predicted molar refractivity (Wildman–Crippen MR) is 51.5 cm³/mol. The topological polar surface area (TPSA) is 64.7 Å². The molecule has 0 atom stereocenters. The number of nitrogen functional groups attached to an aromatic ring is 1. The van der Waals surface area contributed by atoms with E-state index in [9.17, 15) is 0 Å². The third-order valence-electron chi connectivity index (χ3n) is 1.70. The van der Waals surface area contributed by atoms with E-state index < -0.39 is 0 Å². The van der Waals surface area contributed by atoms with Crippen molar-refractivity contribution >= 4 is 28.5 Å². The fourth-order valence-corrected chi connectivity index (χ4v) is 1.27. The molecule has 2 rings (SSSR count). The van der Waals surface area contributed by atoms with Crippen molar-refractivity contribution in [2.75, 3.05) is 5.73 Å². The van der Waals surface area contributed by atoms with Gasteiger partial charge < -0.3 is 5.73 Å². The summed E-state index contributed by atoms with van der Waals surface area (Å²) in [6, 6.07) is 3.69. The number of fused-ring (bicyclic) bond motifs is 1. The largest absolute Gasteiger partial charge is 0.383 e. The van der Waals surface area contributed by atoms with Crippen LogP contribution in [0.5, 0.6) is 0 Å². The molecule has 66 valence electrons. The Labute approximate surface area is 79.8 Å². The van der Waals surface area contributed by atoms with E-state index in [0.717, 1.165) is 11.1 Å².